The van der Waals surface area contributed by atoms with E-state index in [1.54, 1.807) is 6.20 Å². The molecule has 0 aromatic carbocycles. The highest BCUT2D eigenvalue weighted by Crippen LogP contribution is 2.48. The summed E-state index contributed by atoms with van der Waals surface area (Å²) in [5.74, 6) is 0.236. The molecule has 3 heterocycles. The molecule has 0 spiro atoms. The molecule has 0 bridgehead atoms. The molecule has 6 nitrogen and oxygen atoms in total. The molecule has 1 saturated heterocycles. The molecule has 8 heteroatoms. The lowest BCUT2D eigenvalue weighted by Crippen LogP contribution is -2.32. The smallest absolute Gasteiger partial charge is 0.232 e. The highest BCUT2D eigenvalue weighted by molar-refractivity contribution is 9.10. The predicted molar refractivity (Wildman–Crippen MR) is 96.8 cm³/mol. The summed E-state index contributed by atoms with van der Waals surface area (Å²) in [6.07, 6.45) is 3.89. The van der Waals surface area contributed by atoms with Gasteiger partial charge in [0.25, 0.3) is 0 Å². The molecule has 126 valence electrons. The molecule has 1 amide bonds. The number of rotatable bonds is 4. The maximum absolute atomic E-state index is 12.5. The van der Waals surface area contributed by atoms with Crippen LogP contribution in [0.4, 0.5) is 10.9 Å². The minimum atomic E-state index is -2.46. The lowest BCUT2D eigenvalue weighted by molar-refractivity contribution is -0.123. The highest BCUT2D eigenvalue weighted by Gasteiger charge is 2.43. The standard InChI is InChI=1S/C16H18BrN5OS/c1-8-10(17)7-19-15(20-8)22-12-11(9-3-4-9)21-14(24-12)16(2)5-6-18-13(16)23/h7,9H,3-6H2,1-2H3,(H,18,23)(H,19,20,22)/t16-/m1/s1/i2D3. The number of nitrogens with zero attached hydrogens (tertiary/aromatic N) is 3. The molecule has 2 aliphatic rings. The fourth-order valence-electron chi connectivity index (χ4n) is 2.68. The maximum Gasteiger partial charge on any atom is 0.232 e. The van der Waals surface area contributed by atoms with Gasteiger partial charge in [-0.15, -0.1) is 0 Å². The Morgan fingerprint density at radius 2 is 2.33 bits per heavy atom. The molecule has 2 fully saturated rings. The minimum absolute atomic E-state index is 0.216. The topological polar surface area (TPSA) is 79.8 Å². The van der Waals surface area contributed by atoms with E-state index in [1.807, 2.05) is 6.92 Å². The van der Waals surface area contributed by atoms with Crippen molar-refractivity contribution >= 4 is 44.1 Å². The number of halogens is 1. The van der Waals surface area contributed by atoms with E-state index in [-0.39, 0.29) is 12.3 Å². The Hall–Kier alpha value is -1.54. The molecule has 4 rings (SSSR count). The Morgan fingerprint density at radius 1 is 1.50 bits per heavy atom. The zero-order chi connectivity index (χ0) is 19.4. The van der Waals surface area contributed by atoms with Gasteiger partial charge in [0, 0.05) is 22.8 Å². The fraction of sp³-hybridized carbons (Fsp3) is 0.500. The van der Waals surface area contributed by atoms with Crippen LogP contribution in [0.2, 0.25) is 0 Å². The normalized spacial score (nSPS) is 25.8. The number of thiazole rings is 1. The Balaban J connectivity index is 1.76. The molecule has 2 N–H and O–H groups in total. The van der Waals surface area contributed by atoms with Crippen molar-refractivity contribution in [1.29, 1.82) is 0 Å². The van der Waals surface area contributed by atoms with Crippen molar-refractivity contribution in [2.24, 2.45) is 0 Å². The number of hydrogen-bond donors (Lipinski definition) is 2. The van der Waals surface area contributed by atoms with Gasteiger partial charge in [0.2, 0.25) is 11.9 Å². The second-order valence-electron chi connectivity index (χ2n) is 6.17. The van der Waals surface area contributed by atoms with Crippen molar-refractivity contribution in [3.05, 3.63) is 27.1 Å². The number of amides is 1. The first-order valence-electron chi connectivity index (χ1n) is 9.28. The first-order valence-corrected chi connectivity index (χ1v) is 9.39. The van der Waals surface area contributed by atoms with Gasteiger partial charge in [-0.2, -0.15) is 0 Å². The summed E-state index contributed by atoms with van der Waals surface area (Å²) < 4.78 is 24.8. The largest absolute Gasteiger partial charge is 0.355 e. The molecule has 2 aromatic rings. The van der Waals surface area contributed by atoms with Gasteiger partial charge in [0.15, 0.2) is 0 Å². The number of carbonyl (C=O) groups excluding carboxylic acids is 1. The van der Waals surface area contributed by atoms with Crippen LogP contribution in [0.25, 0.3) is 0 Å². The Kier molecular flexibility index (Phi) is 3.07. The monoisotopic (exact) mass is 410 g/mol. The van der Waals surface area contributed by atoms with Crippen LogP contribution in [0, 0.1) is 6.92 Å². The number of aromatic nitrogens is 3. The summed E-state index contributed by atoms with van der Waals surface area (Å²) in [4.78, 5) is 25.8. The molecule has 1 atom stereocenters. The van der Waals surface area contributed by atoms with Crippen LogP contribution in [0.15, 0.2) is 10.7 Å². The van der Waals surface area contributed by atoms with Crippen LogP contribution in [-0.2, 0) is 10.2 Å². The van der Waals surface area contributed by atoms with E-state index in [1.165, 1.54) is 11.3 Å². The van der Waals surface area contributed by atoms with Gasteiger partial charge in [-0.05, 0) is 49.0 Å². The first kappa shape index (κ1) is 12.8. The summed E-state index contributed by atoms with van der Waals surface area (Å²) in [6.45, 7) is -0.259. The van der Waals surface area contributed by atoms with Gasteiger partial charge < -0.3 is 10.6 Å². The molecule has 0 unspecified atom stereocenters. The number of nitrogens with one attached hydrogen (secondary N) is 2. The van der Waals surface area contributed by atoms with Crippen LogP contribution in [0.5, 0.6) is 0 Å². The predicted octanol–water partition coefficient (Wildman–Crippen LogP) is 3.40. The van der Waals surface area contributed by atoms with Gasteiger partial charge in [0.1, 0.15) is 10.0 Å². The van der Waals surface area contributed by atoms with Crippen LogP contribution < -0.4 is 10.6 Å². The van der Waals surface area contributed by atoms with Gasteiger partial charge in [-0.1, -0.05) is 11.3 Å². The molecule has 1 aliphatic heterocycles. The number of hydrogen-bond acceptors (Lipinski definition) is 6. The van der Waals surface area contributed by atoms with E-state index in [4.69, 9.17) is 4.11 Å². The second kappa shape index (κ2) is 5.77. The van der Waals surface area contributed by atoms with Gasteiger partial charge in [-0.25, -0.2) is 15.0 Å². The molecule has 1 aliphatic carbocycles. The number of carbonyl (C=O) groups is 1. The lowest BCUT2D eigenvalue weighted by atomic mass is 9.90. The zero-order valence-electron chi connectivity index (χ0n) is 16.0. The van der Waals surface area contributed by atoms with Crippen LogP contribution in [0.3, 0.4) is 0 Å². The molecular formula is C16H18BrN5OS. The van der Waals surface area contributed by atoms with E-state index < -0.39 is 18.2 Å². The first-order chi connectivity index (χ1) is 12.7. The molecule has 2 aromatic heterocycles. The maximum atomic E-state index is 12.5. The molecule has 1 saturated carbocycles. The van der Waals surface area contributed by atoms with Crippen molar-refractivity contribution < 1.29 is 8.91 Å². The summed E-state index contributed by atoms with van der Waals surface area (Å²) >= 11 is 4.60. The zero-order valence-corrected chi connectivity index (χ0v) is 15.4. The average Bonchev–Trinajstić information content (AvgIpc) is 3.22. The molecule has 24 heavy (non-hydrogen) atoms. The molecule has 0 radical (unpaired) electrons. The average molecular weight is 411 g/mol. The van der Waals surface area contributed by atoms with Crippen LogP contribution in [0.1, 0.15) is 52.5 Å². The van der Waals surface area contributed by atoms with Crippen molar-refractivity contribution in [1.82, 2.24) is 20.3 Å². The summed E-state index contributed by atoms with van der Waals surface area (Å²) in [6, 6.07) is 0. The third-order valence-electron chi connectivity index (χ3n) is 4.30. The van der Waals surface area contributed by atoms with E-state index >= 15 is 0 Å². The highest BCUT2D eigenvalue weighted by atomic mass is 79.9. The van der Waals surface area contributed by atoms with Gasteiger partial charge in [0.05, 0.1) is 21.3 Å². The van der Waals surface area contributed by atoms with Crippen molar-refractivity contribution in [2.75, 3.05) is 11.9 Å². The summed E-state index contributed by atoms with van der Waals surface area (Å²) in [5, 5.41) is 6.92. The van der Waals surface area contributed by atoms with Crippen molar-refractivity contribution in [2.45, 2.75) is 44.4 Å². The number of anilines is 2. The third kappa shape index (κ3) is 2.71. The quantitative estimate of drug-likeness (QED) is 0.806. The van der Waals surface area contributed by atoms with Crippen LogP contribution in [-0.4, -0.2) is 27.4 Å². The van der Waals surface area contributed by atoms with Gasteiger partial charge in [-0.3, -0.25) is 4.79 Å². The minimum Gasteiger partial charge on any atom is -0.355 e. The molecular weight excluding hydrogens is 390 g/mol. The van der Waals surface area contributed by atoms with Crippen LogP contribution >= 0.6 is 27.3 Å². The lowest BCUT2D eigenvalue weighted by Gasteiger charge is -2.16. The SMILES string of the molecule is [2H]C([2H])([2H])[C@@]1(c2nc(C3CC3)c(Nc3ncc(Br)c(C)n3)s2)CCNC1=O. The van der Waals surface area contributed by atoms with Crippen molar-refractivity contribution in [3.8, 4) is 0 Å². The van der Waals surface area contributed by atoms with E-state index in [0.717, 1.165) is 33.7 Å². The fourth-order valence-corrected chi connectivity index (χ4v) is 4.04. The second-order valence-corrected chi connectivity index (χ2v) is 8.02. The summed E-state index contributed by atoms with van der Waals surface area (Å²) in [5.41, 5.74) is 0.0133. The summed E-state index contributed by atoms with van der Waals surface area (Å²) in [7, 11) is 0. The Morgan fingerprint density at radius 3 is 2.96 bits per heavy atom. The van der Waals surface area contributed by atoms with E-state index in [9.17, 15) is 4.79 Å². The van der Waals surface area contributed by atoms with Gasteiger partial charge >= 0.3 is 0 Å². The number of aryl methyl sites for hydroxylation is 1. The van der Waals surface area contributed by atoms with Crippen molar-refractivity contribution in [3.63, 3.8) is 0 Å². The third-order valence-corrected chi connectivity index (χ3v) is 6.23. The van der Waals surface area contributed by atoms with E-state index in [0.29, 0.717) is 17.5 Å². The Bertz CT molecular complexity index is 914. The Labute approximate surface area is 156 Å². The van der Waals surface area contributed by atoms with E-state index in [2.05, 4.69) is 41.5 Å².